The molecule has 0 aliphatic carbocycles. The summed E-state index contributed by atoms with van der Waals surface area (Å²) in [5.41, 5.74) is 6.77. The number of fused-ring (bicyclic) bond motifs is 3. The number of nitrogens with two attached hydrogens (primary N) is 1. The number of piperidine rings is 1. The molecule has 2 aliphatic heterocycles. The number of aromatic nitrogens is 3. The summed E-state index contributed by atoms with van der Waals surface area (Å²) in [6, 6.07) is 7.44. The van der Waals surface area contributed by atoms with Gasteiger partial charge in [0.1, 0.15) is 11.7 Å². The van der Waals surface area contributed by atoms with E-state index in [0.29, 0.717) is 41.8 Å². The van der Waals surface area contributed by atoms with E-state index in [1.54, 1.807) is 13.1 Å². The summed E-state index contributed by atoms with van der Waals surface area (Å²) in [6.07, 6.45) is 8.25. The standard InChI is InChI=1S/C21H27N9/c1-13(23)10-18(24)27-21-28-19-17(4-2-8-25-19)20(29-21)26-14-11-15-5-6-16(12-14)30(15)9-3-7-22/h2,4,8,10,14-16H,3,5-6,9,11-12,23H2,1H3,(H3,24,25,26,27,28,29)/b13-10-/t14-,15-,16+. The first-order valence-electron chi connectivity index (χ1n) is 10.3. The van der Waals surface area contributed by atoms with Crippen LogP contribution in [0, 0.1) is 16.7 Å². The molecule has 0 spiro atoms. The third-order valence-corrected chi connectivity index (χ3v) is 5.80. The van der Waals surface area contributed by atoms with E-state index in [9.17, 15) is 0 Å². The van der Waals surface area contributed by atoms with E-state index in [1.807, 2.05) is 12.1 Å². The number of rotatable bonds is 6. The van der Waals surface area contributed by atoms with Gasteiger partial charge in [0.2, 0.25) is 5.95 Å². The lowest BCUT2D eigenvalue weighted by Crippen LogP contribution is -2.47. The third-order valence-electron chi connectivity index (χ3n) is 5.80. The van der Waals surface area contributed by atoms with E-state index >= 15 is 0 Å². The van der Waals surface area contributed by atoms with Crippen molar-refractivity contribution < 1.29 is 0 Å². The molecule has 5 N–H and O–H groups in total. The van der Waals surface area contributed by atoms with Gasteiger partial charge in [-0.1, -0.05) is 0 Å². The van der Waals surface area contributed by atoms with E-state index in [2.05, 4.69) is 36.6 Å². The Morgan fingerprint density at radius 3 is 2.83 bits per heavy atom. The summed E-state index contributed by atoms with van der Waals surface area (Å²) in [4.78, 5) is 16.0. The molecule has 0 aromatic carbocycles. The summed E-state index contributed by atoms with van der Waals surface area (Å²) >= 11 is 0. The average molecular weight is 406 g/mol. The van der Waals surface area contributed by atoms with E-state index < -0.39 is 0 Å². The van der Waals surface area contributed by atoms with Crippen LogP contribution in [0.5, 0.6) is 0 Å². The second-order valence-corrected chi connectivity index (χ2v) is 8.04. The third kappa shape index (κ3) is 4.33. The molecule has 0 saturated carbocycles. The van der Waals surface area contributed by atoms with Crippen molar-refractivity contribution in [1.82, 2.24) is 19.9 Å². The second-order valence-electron chi connectivity index (χ2n) is 8.04. The molecule has 2 saturated heterocycles. The number of nitrogens with zero attached hydrogens (tertiary/aromatic N) is 5. The molecule has 0 unspecified atom stereocenters. The zero-order valence-corrected chi connectivity index (χ0v) is 17.1. The van der Waals surface area contributed by atoms with Crippen molar-refractivity contribution in [3.63, 3.8) is 0 Å². The Bertz CT molecular complexity index is 991. The van der Waals surface area contributed by atoms with Gasteiger partial charge in [0.25, 0.3) is 0 Å². The van der Waals surface area contributed by atoms with Crippen LogP contribution in [-0.4, -0.2) is 50.4 Å². The van der Waals surface area contributed by atoms with Crippen LogP contribution in [0.2, 0.25) is 0 Å². The Balaban J connectivity index is 1.55. The summed E-state index contributed by atoms with van der Waals surface area (Å²) in [6.45, 7) is 2.59. The van der Waals surface area contributed by atoms with E-state index in [0.717, 1.165) is 30.6 Å². The fourth-order valence-corrected chi connectivity index (χ4v) is 4.64. The highest BCUT2D eigenvalue weighted by Crippen LogP contribution is 2.37. The van der Waals surface area contributed by atoms with Crippen molar-refractivity contribution in [3.05, 3.63) is 30.1 Å². The van der Waals surface area contributed by atoms with Crippen LogP contribution < -0.4 is 16.4 Å². The zero-order valence-electron chi connectivity index (χ0n) is 17.1. The van der Waals surface area contributed by atoms with Crippen LogP contribution in [0.1, 0.15) is 39.0 Å². The Morgan fingerprint density at radius 2 is 2.13 bits per heavy atom. The molecule has 156 valence electrons. The van der Waals surface area contributed by atoms with Gasteiger partial charge in [-0.2, -0.15) is 15.2 Å². The maximum absolute atomic E-state index is 8.93. The maximum atomic E-state index is 8.93. The van der Waals surface area contributed by atoms with Gasteiger partial charge in [-0.15, -0.1) is 0 Å². The fourth-order valence-electron chi connectivity index (χ4n) is 4.64. The van der Waals surface area contributed by atoms with Gasteiger partial charge in [0, 0.05) is 43.0 Å². The molecule has 30 heavy (non-hydrogen) atoms. The van der Waals surface area contributed by atoms with Crippen LogP contribution in [0.3, 0.4) is 0 Å². The fraction of sp³-hybridized carbons (Fsp3) is 0.476. The molecule has 2 aliphatic rings. The van der Waals surface area contributed by atoms with Crippen molar-refractivity contribution in [2.45, 2.75) is 57.2 Å². The zero-order chi connectivity index (χ0) is 21.1. The highest BCUT2D eigenvalue weighted by molar-refractivity contribution is 6.01. The molecular weight excluding hydrogens is 378 g/mol. The molecule has 3 atom stereocenters. The first kappa shape index (κ1) is 20.0. The van der Waals surface area contributed by atoms with Crippen LogP contribution in [0.25, 0.3) is 11.0 Å². The number of allylic oxidation sites excluding steroid dienone is 1. The van der Waals surface area contributed by atoms with Crippen LogP contribution in [0.15, 0.2) is 30.1 Å². The monoisotopic (exact) mass is 405 g/mol. The van der Waals surface area contributed by atoms with Crippen LogP contribution in [0.4, 0.5) is 11.8 Å². The van der Waals surface area contributed by atoms with E-state index in [4.69, 9.17) is 16.4 Å². The predicted octanol–water partition coefficient (Wildman–Crippen LogP) is 2.60. The smallest absolute Gasteiger partial charge is 0.232 e. The first-order valence-corrected chi connectivity index (χ1v) is 10.3. The summed E-state index contributed by atoms with van der Waals surface area (Å²) in [5, 5.41) is 24.3. The summed E-state index contributed by atoms with van der Waals surface area (Å²) < 4.78 is 0. The molecule has 0 radical (unpaired) electrons. The second kappa shape index (κ2) is 8.63. The molecule has 4 heterocycles. The molecule has 2 aromatic heterocycles. The Morgan fingerprint density at radius 1 is 1.37 bits per heavy atom. The lowest BCUT2D eigenvalue weighted by atomic mass is 9.97. The van der Waals surface area contributed by atoms with Crippen molar-refractivity contribution >= 4 is 28.6 Å². The van der Waals surface area contributed by atoms with Crippen molar-refractivity contribution in [1.29, 1.82) is 10.7 Å². The van der Waals surface area contributed by atoms with Crippen molar-refractivity contribution in [2.75, 3.05) is 17.2 Å². The predicted molar refractivity (Wildman–Crippen MR) is 117 cm³/mol. The first-order chi connectivity index (χ1) is 14.5. The quantitative estimate of drug-likeness (QED) is 0.425. The van der Waals surface area contributed by atoms with Gasteiger partial charge in [0.15, 0.2) is 5.65 Å². The number of amidine groups is 1. The molecule has 9 heteroatoms. The molecule has 2 fully saturated rings. The average Bonchev–Trinajstić information content (AvgIpc) is 2.93. The molecular formula is C21H27N9. The van der Waals surface area contributed by atoms with E-state index in [1.165, 1.54) is 18.9 Å². The van der Waals surface area contributed by atoms with Crippen LogP contribution in [-0.2, 0) is 0 Å². The number of hydrogen-bond donors (Lipinski definition) is 4. The van der Waals surface area contributed by atoms with Crippen molar-refractivity contribution in [2.24, 2.45) is 5.73 Å². The van der Waals surface area contributed by atoms with Gasteiger partial charge < -0.3 is 16.4 Å². The van der Waals surface area contributed by atoms with Gasteiger partial charge in [-0.3, -0.25) is 10.3 Å². The topological polar surface area (TPSA) is 140 Å². The summed E-state index contributed by atoms with van der Waals surface area (Å²) in [5.74, 6) is 1.17. The number of pyridine rings is 1. The maximum Gasteiger partial charge on any atom is 0.232 e. The minimum absolute atomic E-state index is 0.125. The molecule has 0 amide bonds. The Labute approximate surface area is 175 Å². The SMILES string of the molecule is C/C(N)=C/C(=N)Nc1nc(N[C@@H]2C[C@H]3CC[C@@H](C2)N3CCC#N)c2cccnc2n1. The molecule has 9 nitrogen and oxygen atoms in total. The number of nitriles is 1. The number of anilines is 2. The Hall–Kier alpha value is -3.25. The largest absolute Gasteiger partial charge is 0.402 e. The van der Waals surface area contributed by atoms with Gasteiger partial charge in [-0.05, 0) is 50.8 Å². The minimum Gasteiger partial charge on any atom is -0.402 e. The highest BCUT2D eigenvalue weighted by Gasteiger charge is 2.40. The lowest BCUT2D eigenvalue weighted by molar-refractivity contribution is 0.136. The number of hydrogen-bond acceptors (Lipinski definition) is 8. The molecule has 2 aromatic rings. The minimum atomic E-state index is 0.125. The lowest BCUT2D eigenvalue weighted by Gasteiger charge is -2.39. The molecule has 4 rings (SSSR count). The normalized spacial score (nSPS) is 23.9. The van der Waals surface area contributed by atoms with Crippen molar-refractivity contribution in [3.8, 4) is 6.07 Å². The highest BCUT2D eigenvalue weighted by atomic mass is 15.2. The number of nitrogens with one attached hydrogen (secondary N) is 3. The van der Waals surface area contributed by atoms with Crippen LogP contribution >= 0.6 is 0 Å². The van der Waals surface area contributed by atoms with Gasteiger partial charge in [-0.25, -0.2) is 4.98 Å². The molecule has 2 bridgehead atoms. The van der Waals surface area contributed by atoms with E-state index in [-0.39, 0.29) is 5.84 Å². The van der Waals surface area contributed by atoms with Gasteiger partial charge in [0.05, 0.1) is 11.5 Å². The van der Waals surface area contributed by atoms with Gasteiger partial charge >= 0.3 is 0 Å². The Kier molecular flexibility index (Phi) is 5.77. The summed E-state index contributed by atoms with van der Waals surface area (Å²) in [7, 11) is 0.